The van der Waals surface area contributed by atoms with E-state index in [-0.39, 0.29) is 5.75 Å². The van der Waals surface area contributed by atoms with E-state index in [2.05, 4.69) is 9.71 Å². The summed E-state index contributed by atoms with van der Waals surface area (Å²) in [5.74, 6) is -0.151. The quantitative estimate of drug-likeness (QED) is 0.821. The van der Waals surface area contributed by atoms with Crippen molar-refractivity contribution < 1.29 is 8.42 Å². The number of benzene rings is 1. The fraction of sp³-hybridized carbons (Fsp3) is 0.0833. The highest BCUT2D eigenvalue weighted by Crippen LogP contribution is 2.16. The van der Waals surface area contributed by atoms with Gasteiger partial charge in [0.1, 0.15) is 0 Å². The lowest BCUT2D eigenvalue weighted by atomic mass is 10.2. The molecule has 2 aromatic rings. The molecule has 0 aliphatic carbocycles. The highest BCUT2D eigenvalue weighted by Gasteiger charge is 2.13. The topological polar surface area (TPSA) is 85.1 Å². The number of para-hydroxylation sites is 1. The molecule has 6 heteroatoms. The molecule has 1 heterocycles. The maximum atomic E-state index is 11.9. The van der Waals surface area contributed by atoms with Gasteiger partial charge in [0.15, 0.2) is 0 Å². The minimum absolute atomic E-state index is 0.151. The second-order valence-corrected chi connectivity index (χ2v) is 5.52. The van der Waals surface area contributed by atoms with Crippen molar-refractivity contribution >= 4 is 21.4 Å². The van der Waals surface area contributed by atoms with Crippen molar-refractivity contribution in [2.75, 3.05) is 10.5 Å². The van der Waals surface area contributed by atoms with Gasteiger partial charge in [-0.25, -0.2) is 8.42 Å². The Morgan fingerprint density at radius 3 is 2.44 bits per heavy atom. The molecule has 0 amide bonds. The summed E-state index contributed by atoms with van der Waals surface area (Å²) >= 11 is 0. The summed E-state index contributed by atoms with van der Waals surface area (Å²) in [5.41, 5.74) is 7.26. The second-order valence-electron chi connectivity index (χ2n) is 3.80. The van der Waals surface area contributed by atoms with Crippen LogP contribution < -0.4 is 10.5 Å². The molecule has 2 rings (SSSR count). The summed E-state index contributed by atoms with van der Waals surface area (Å²) in [7, 11) is -3.47. The van der Waals surface area contributed by atoms with Crippen LogP contribution in [0.1, 0.15) is 5.56 Å². The number of hydrogen-bond donors (Lipinski definition) is 2. The number of nitrogens with zero attached hydrogens (tertiary/aromatic N) is 1. The van der Waals surface area contributed by atoms with Crippen molar-refractivity contribution in [3.8, 4) is 0 Å². The lowest BCUT2D eigenvalue weighted by molar-refractivity contribution is 0.600. The Hall–Kier alpha value is -2.08. The molecule has 0 atom stereocenters. The maximum Gasteiger partial charge on any atom is 0.236 e. The molecular formula is C12H13N3O2S. The number of nitrogen functional groups attached to an aromatic ring is 1. The van der Waals surface area contributed by atoms with Gasteiger partial charge >= 0.3 is 0 Å². The summed E-state index contributed by atoms with van der Waals surface area (Å²) in [5, 5.41) is 0. The SMILES string of the molecule is Nc1ccccc1CS(=O)(=O)Nc1ccncc1. The van der Waals surface area contributed by atoms with Crippen molar-refractivity contribution in [2.24, 2.45) is 0 Å². The van der Waals surface area contributed by atoms with Crippen LogP contribution in [0.3, 0.4) is 0 Å². The lowest BCUT2D eigenvalue weighted by Gasteiger charge is -2.09. The van der Waals surface area contributed by atoms with E-state index in [1.165, 1.54) is 12.4 Å². The van der Waals surface area contributed by atoms with Crippen molar-refractivity contribution in [3.05, 3.63) is 54.4 Å². The van der Waals surface area contributed by atoms with Crippen LogP contribution in [0.25, 0.3) is 0 Å². The van der Waals surface area contributed by atoms with Crippen molar-refractivity contribution in [1.82, 2.24) is 4.98 Å². The van der Waals surface area contributed by atoms with E-state index in [1.807, 2.05) is 0 Å². The molecule has 0 fully saturated rings. The molecule has 0 aliphatic rings. The van der Waals surface area contributed by atoms with E-state index in [0.717, 1.165) is 0 Å². The van der Waals surface area contributed by atoms with Gasteiger partial charge in [0, 0.05) is 18.1 Å². The van der Waals surface area contributed by atoms with Crippen LogP contribution in [-0.2, 0) is 15.8 Å². The van der Waals surface area contributed by atoms with Gasteiger partial charge in [0.2, 0.25) is 10.0 Å². The lowest BCUT2D eigenvalue weighted by Crippen LogP contribution is -2.15. The Morgan fingerprint density at radius 2 is 1.78 bits per heavy atom. The minimum atomic E-state index is -3.47. The average molecular weight is 263 g/mol. The van der Waals surface area contributed by atoms with Gasteiger partial charge in [-0.1, -0.05) is 18.2 Å². The summed E-state index contributed by atoms with van der Waals surface area (Å²) in [6, 6.07) is 10.1. The molecule has 0 unspecified atom stereocenters. The first-order valence-electron chi connectivity index (χ1n) is 5.31. The molecular weight excluding hydrogens is 250 g/mol. The molecule has 0 spiro atoms. The van der Waals surface area contributed by atoms with Crippen molar-refractivity contribution in [2.45, 2.75) is 5.75 Å². The standard InChI is InChI=1S/C12H13N3O2S/c13-12-4-2-1-3-10(12)9-18(16,17)15-11-5-7-14-8-6-11/h1-8H,9,13H2,(H,14,15). The summed E-state index contributed by atoms with van der Waals surface area (Å²) < 4.78 is 26.3. The molecule has 3 N–H and O–H groups in total. The van der Waals surface area contributed by atoms with Crippen LogP contribution >= 0.6 is 0 Å². The van der Waals surface area contributed by atoms with E-state index < -0.39 is 10.0 Å². The monoisotopic (exact) mass is 263 g/mol. The number of anilines is 2. The van der Waals surface area contributed by atoms with Crippen LogP contribution in [0.2, 0.25) is 0 Å². The molecule has 0 aliphatic heterocycles. The van der Waals surface area contributed by atoms with Gasteiger partial charge in [-0.15, -0.1) is 0 Å². The maximum absolute atomic E-state index is 11.9. The third-order valence-electron chi connectivity index (χ3n) is 2.35. The summed E-state index contributed by atoms with van der Waals surface area (Å²) in [4.78, 5) is 3.82. The highest BCUT2D eigenvalue weighted by atomic mass is 32.2. The summed E-state index contributed by atoms with van der Waals surface area (Å²) in [6.07, 6.45) is 3.05. The van der Waals surface area contributed by atoms with Crippen LogP contribution in [-0.4, -0.2) is 13.4 Å². The molecule has 0 saturated carbocycles. The first-order chi connectivity index (χ1) is 8.57. The highest BCUT2D eigenvalue weighted by molar-refractivity contribution is 7.91. The largest absolute Gasteiger partial charge is 0.398 e. The van der Waals surface area contributed by atoms with Gasteiger partial charge < -0.3 is 5.73 Å². The van der Waals surface area contributed by atoms with Crippen LogP contribution in [0.4, 0.5) is 11.4 Å². The molecule has 94 valence electrons. The fourth-order valence-electron chi connectivity index (χ4n) is 1.51. The number of nitrogens with one attached hydrogen (secondary N) is 1. The molecule has 1 aromatic carbocycles. The van der Waals surface area contributed by atoms with Gasteiger partial charge in [-0.05, 0) is 23.8 Å². The zero-order chi connectivity index (χ0) is 13.0. The van der Waals surface area contributed by atoms with E-state index in [1.54, 1.807) is 36.4 Å². The second kappa shape index (κ2) is 5.05. The minimum Gasteiger partial charge on any atom is -0.398 e. The Bertz CT molecular complexity index is 627. The zero-order valence-corrected chi connectivity index (χ0v) is 10.4. The predicted octanol–water partition coefficient (Wildman–Crippen LogP) is 1.61. The van der Waals surface area contributed by atoms with Crippen LogP contribution in [0.5, 0.6) is 0 Å². The Labute approximate surface area is 106 Å². The number of rotatable bonds is 4. The Morgan fingerprint density at radius 1 is 1.11 bits per heavy atom. The van der Waals surface area contributed by atoms with Crippen molar-refractivity contribution in [1.29, 1.82) is 0 Å². The average Bonchev–Trinajstić information content (AvgIpc) is 2.32. The molecule has 0 saturated heterocycles. The van der Waals surface area contributed by atoms with E-state index in [9.17, 15) is 8.42 Å². The third-order valence-corrected chi connectivity index (χ3v) is 3.59. The molecule has 5 nitrogen and oxygen atoms in total. The van der Waals surface area contributed by atoms with Crippen molar-refractivity contribution in [3.63, 3.8) is 0 Å². The van der Waals surface area contributed by atoms with Gasteiger partial charge in [0.05, 0.1) is 11.4 Å². The number of sulfonamides is 1. The van der Waals surface area contributed by atoms with E-state index in [4.69, 9.17) is 5.73 Å². The number of hydrogen-bond acceptors (Lipinski definition) is 4. The van der Waals surface area contributed by atoms with Crippen LogP contribution in [0.15, 0.2) is 48.8 Å². The smallest absolute Gasteiger partial charge is 0.236 e. The Balaban J connectivity index is 2.16. The van der Waals surface area contributed by atoms with E-state index >= 15 is 0 Å². The van der Waals surface area contributed by atoms with Crippen LogP contribution in [0, 0.1) is 0 Å². The number of nitrogens with two attached hydrogens (primary N) is 1. The number of aromatic nitrogens is 1. The zero-order valence-electron chi connectivity index (χ0n) is 9.58. The predicted molar refractivity (Wildman–Crippen MR) is 71.3 cm³/mol. The van der Waals surface area contributed by atoms with E-state index in [0.29, 0.717) is 16.9 Å². The molecule has 1 aromatic heterocycles. The van der Waals surface area contributed by atoms with Gasteiger partial charge in [0.25, 0.3) is 0 Å². The van der Waals surface area contributed by atoms with Gasteiger partial charge in [-0.3, -0.25) is 9.71 Å². The summed E-state index contributed by atoms with van der Waals surface area (Å²) in [6.45, 7) is 0. The van der Waals surface area contributed by atoms with Gasteiger partial charge in [-0.2, -0.15) is 0 Å². The molecule has 0 bridgehead atoms. The molecule has 0 radical (unpaired) electrons. The Kier molecular flexibility index (Phi) is 3.47. The first kappa shape index (κ1) is 12.4. The molecule has 18 heavy (non-hydrogen) atoms. The third kappa shape index (κ3) is 3.21. The normalized spacial score (nSPS) is 11.1. The number of pyridine rings is 1. The fourth-order valence-corrected chi connectivity index (χ4v) is 2.75. The first-order valence-corrected chi connectivity index (χ1v) is 6.96.